The van der Waals surface area contributed by atoms with Crippen LogP contribution in [0.15, 0.2) is 39.8 Å². The van der Waals surface area contributed by atoms with E-state index in [2.05, 4.69) is 25.3 Å². The molecule has 6 nitrogen and oxygen atoms in total. The van der Waals surface area contributed by atoms with Crippen LogP contribution in [0.5, 0.6) is 0 Å². The Labute approximate surface area is 102 Å². The normalized spacial score (nSPS) is 10.4. The topological polar surface area (TPSA) is 83.6 Å². The zero-order valence-corrected chi connectivity index (χ0v) is 9.99. The molecule has 0 fully saturated rings. The molecule has 2 heterocycles. The molecule has 0 radical (unpaired) electrons. The lowest BCUT2D eigenvalue weighted by molar-refractivity contribution is 0.792. The van der Waals surface area contributed by atoms with Crippen molar-refractivity contribution in [3.63, 3.8) is 0 Å². The highest BCUT2D eigenvalue weighted by atomic mass is 32.2. The van der Waals surface area contributed by atoms with Crippen molar-refractivity contribution in [3.05, 3.63) is 40.6 Å². The molecule has 0 aliphatic carbocycles. The van der Waals surface area contributed by atoms with Crippen LogP contribution >= 0.6 is 11.8 Å². The standard InChI is InChI=1S/C10H11N5OS/c1-11-4-7-5-13-9(14-6-7)17-10-12-3-2-8(16)15-10/h2-3,5-6,11H,4H2,1H3,(H,12,15,16). The Morgan fingerprint density at radius 2 is 2.12 bits per heavy atom. The highest BCUT2D eigenvalue weighted by Crippen LogP contribution is 2.18. The number of hydrogen-bond acceptors (Lipinski definition) is 6. The summed E-state index contributed by atoms with van der Waals surface area (Å²) in [5, 5.41) is 4.05. The van der Waals surface area contributed by atoms with Gasteiger partial charge >= 0.3 is 0 Å². The molecular formula is C10H11N5OS. The lowest BCUT2D eigenvalue weighted by Gasteiger charge is -2.01. The van der Waals surface area contributed by atoms with Gasteiger partial charge in [-0.1, -0.05) is 0 Å². The van der Waals surface area contributed by atoms with Crippen LogP contribution in [0.1, 0.15) is 5.56 Å². The summed E-state index contributed by atoms with van der Waals surface area (Å²) in [4.78, 5) is 26.0. The molecule has 17 heavy (non-hydrogen) atoms. The number of aromatic nitrogens is 4. The van der Waals surface area contributed by atoms with Gasteiger partial charge < -0.3 is 10.3 Å². The number of hydrogen-bond donors (Lipinski definition) is 2. The number of H-pyrrole nitrogens is 1. The van der Waals surface area contributed by atoms with E-state index in [1.807, 2.05) is 7.05 Å². The predicted octanol–water partition coefficient (Wildman–Crippen LogP) is 0.430. The summed E-state index contributed by atoms with van der Waals surface area (Å²) in [5.74, 6) is 0. The van der Waals surface area contributed by atoms with Crippen LogP contribution in [-0.2, 0) is 6.54 Å². The Bertz CT molecular complexity index is 539. The van der Waals surface area contributed by atoms with Gasteiger partial charge in [0.15, 0.2) is 10.3 Å². The summed E-state index contributed by atoms with van der Waals surface area (Å²) in [7, 11) is 1.86. The molecule has 0 aliphatic rings. The second-order valence-electron chi connectivity index (χ2n) is 3.25. The average molecular weight is 249 g/mol. The Hall–Kier alpha value is -1.73. The Balaban J connectivity index is 2.11. The van der Waals surface area contributed by atoms with Crippen LogP contribution in [-0.4, -0.2) is 27.0 Å². The van der Waals surface area contributed by atoms with Gasteiger partial charge in [0, 0.05) is 36.8 Å². The first-order chi connectivity index (χ1) is 8.28. The van der Waals surface area contributed by atoms with Crippen molar-refractivity contribution < 1.29 is 0 Å². The fourth-order valence-corrected chi connectivity index (χ4v) is 1.83. The molecule has 88 valence electrons. The van der Waals surface area contributed by atoms with E-state index in [1.54, 1.807) is 12.4 Å². The van der Waals surface area contributed by atoms with Gasteiger partial charge in [-0.05, 0) is 18.8 Å². The van der Waals surface area contributed by atoms with Crippen LogP contribution in [0.2, 0.25) is 0 Å². The Morgan fingerprint density at radius 1 is 1.35 bits per heavy atom. The van der Waals surface area contributed by atoms with Crippen LogP contribution < -0.4 is 10.9 Å². The van der Waals surface area contributed by atoms with Gasteiger partial charge in [0.2, 0.25) is 0 Å². The summed E-state index contributed by atoms with van der Waals surface area (Å²) >= 11 is 1.22. The molecule has 0 saturated heterocycles. The summed E-state index contributed by atoms with van der Waals surface area (Å²) in [5.41, 5.74) is 0.820. The lowest BCUT2D eigenvalue weighted by atomic mass is 10.3. The average Bonchev–Trinajstić information content (AvgIpc) is 2.32. The highest BCUT2D eigenvalue weighted by molar-refractivity contribution is 7.99. The van der Waals surface area contributed by atoms with Gasteiger partial charge in [-0.15, -0.1) is 0 Å². The van der Waals surface area contributed by atoms with Crippen molar-refractivity contribution in [2.24, 2.45) is 0 Å². The number of rotatable bonds is 4. The molecule has 7 heteroatoms. The zero-order chi connectivity index (χ0) is 12.1. The molecule has 0 bridgehead atoms. The smallest absolute Gasteiger partial charge is 0.251 e. The number of nitrogens with zero attached hydrogens (tertiary/aromatic N) is 3. The fraction of sp³-hybridized carbons (Fsp3) is 0.200. The molecule has 2 N–H and O–H groups in total. The van der Waals surface area contributed by atoms with E-state index in [0.717, 1.165) is 12.1 Å². The third kappa shape index (κ3) is 3.36. The second kappa shape index (κ2) is 5.55. The van der Waals surface area contributed by atoms with Crippen molar-refractivity contribution in [1.29, 1.82) is 0 Å². The summed E-state index contributed by atoms with van der Waals surface area (Å²) in [6.07, 6.45) is 4.94. The maximum absolute atomic E-state index is 11.1. The van der Waals surface area contributed by atoms with Gasteiger partial charge in [-0.3, -0.25) is 4.79 Å². The molecule has 0 aromatic carbocycles. The van der Waals surface area contributed by atoms with E-state index >= 15 is 0 Å². The zero-order valence-electron chi connectivity index (χ0n) is 9.17. The van der Waals surface area contributed by atoms with E-state index in [0.29, 0.717) is 10.3 Å². The van der Waals surface area contributed by atoms with E-state index < -0.39 is 0 Å². The third-order valence-electron chi connectivity index (χ3n) is 1.90. The van der Waals surface area contributed by atoms with E-state index in [9.17, 15) is 4.79 Å². The lowest BCUT2D eigenvalue weighted by Crippen LogP contribution is -2.07. The van der Waals surface area contributed by atoms with Crippen LogP contribution in [0.4, 0.5) is 0 Å². The molecule has 2 aromatic rings. The fourth-order valence-electron chi connectivity index (χ4n) is 1.18. The molecule has 2 aromatic heterocycles. The van der Waals surface area contributed by atoms with Gasteiger partial charge in [0.1, 0.15) is 0 Å². The summed E-state index contributed by atoms with van der Waals surface area (Å²) in [6, 6.07) is 1.36. The quantitative estimate of drug-likeness (QED) is 0.765. The molecule has 0 atom stereocenters. The van der Waals surface area contributed by atoms with Gasteiger partial charge in [-0.2, -0.15) is 0 Å². The van der Waals surface area contributed by atoms with Crippen molar-refractivity contribution in [2.75, 3.05) is 7.05 Å². The predicted molar refractivity (Wildman–Crippen MR) is 63.8 cm³/mol. The largest absolute Gasteiger partial charge is 0.316 e. The van der Waals surface area contributed by atoms with Crippen molar-refractivity contribution in [2.45, 2.75) is 16.9 Å². The number of aromatic amines is 1. The minimum Gasteiger partial charge on any atom is -0.316 e. The molecule has 0 aliphatic heterocycles. The van der Waals surface area contributed by atoms with Crippen molar-refractivity contribution >= 4 is 11.8 Å². The first-order valence-electron chi connectivity index (χ1n) is 4.96. The SMILES string of the molecule is CNCc1cnc(Sc2nccc(=O)[nH]2)nc1. The van der Waals surface area contributed by atoms with E-state index in [4.69, 9.17) is 0 Å². The van der Waals surface area contributed by atoms with Gasteiger partial charge in [0.25, 0.3) is 5.56 Å². The maximum atomic E-state index is 11.1. The van der Waals surface area contributed by atoms with Crippen LogP contribution in [0, 0.1) is 0 Å². The first-order valence-corrected chi connectivity index (χ1v) is 5.78. The van der Waals surface area contributed by atoms with Crippen LogP contribution in [0.25, 0.3) is 0 Å². The third-order valence-corrected chi connectivity index (χ3v) is 2.69. The molecule has 0 amide bonds. The Morgan fingerprint density at radius 3 is 2.76 bits per heavy atom. The molecular weight excluding hydrogens is 238 g/mol. The summed E-state index contributed by atoms with van der Waals surface area (Å²) < 4.78 is 0. The van der Waals surface area contributed by atoms with Crippen molar-refractivity contribution in [1.82, 2.24) is 25.3 Å². The number of nitrogens with one attached hydrogen (secondary N) is 2. The monoisotopic (exact) mass is 249 g/mol. The van der Waals surface area contributed by atoms with Gasteiger partial charge in [0.05, 0.1) is 0 Å². The molecule has 2 rings (SSSR count). The molecule has 0 saturated carbocycles. The minimum absolute atomic E-state index is 0.186. The first kappa shape index (κ1) is 11.7. The van der Waals surface area contributed by atoms with Gasteiger partial charge in [-0.25, -0.2) is 15.0 Å². The van der Waals surface area contributed by atoms with E-state index in [1.165, 1.54) is 24.0 Å². The maximum Gasteiger partial charge on any atom is 0.251 e. The van der Waals surface area contributed by atoms with E-state index in [-0.39, 0.29) is 5.56 Å². The van der Waals surface area contributed by atoms with Crippen LogP contribution in [0.3, 0.4) is 0 Å². The highest BCUT2D eigenvalue weighted by Gasteiger charge is 2.02. The molecule has 0 spiro atoms. The second-order valence-corrected chi connectivity index (χ2v) is 4.20. The molecule has 0 unspecified atom stereocenters. The minimum atomic E-state index is -0.186. The Kier molecular flexibility index (Phi) is 3.84. The van der Waals surface area contributed by atoms with Crippen molar-refractivity contribution in [3.8, 4) is 0 Å². The summed E-state index contributed by atoms with van der Waals surface area (Å²) in [6.45, 7) is 0.728.